The number of benzene rings is 1. The number of rotatable bonds is 8. The number of likely N-dealkylation sites (N-methyl/N-ethyl adjacent to an activating group) is 1. The van der Waals surface area contributed by atoms with Crippen LogP contribution in [0.3, 0.4) is 0 Å². The second-order valence-electron chi connectivity index (χ2n) is 4.61. The maximum absolute atomic E-state index is 10.6. The predicted octanol–water partition coefficient (Wildman–Crippen LogP) is 2.75. The molecule has 0 aliphatic rings. The highest BCUT2D eigenvalue weighted by Crippen LogP contribution is 2.18. The maximum Gasteiger partial charge on any atom is 0.269 e. The second-order valence-corrected chi connectivity index (χ2v) is 4.61. The summed E-state index contributed by atoms with van der Waals surface area (Å²) in [6.07, 6.45) is 1.64. The van der Waals surface area contributed by atoms with Gasteiger partial charge in [0.15, 0.2) is 0 Å². The lowest BCUT2D eigenvalue weighted by molar-refractivity contribution is -0.384. The summed E-state index contributed by atoms with van der Waals surface area (Å²) in [5, 5.41) is 20.7. The van der Waals surface area contributed by atoms with Gasteiger partial charge < -0.3 is 10.0 Å². The lowest BCUT2D eigenvalue weighted by Crippen LogP contribution is -2.29. The average molecular weight is 266 g/mol. The summed E-state index contributed by atoms with van der Waals surface area (Å²) in [6.45, 7) is 6.63. The van der Waals surface area contributed by atoms with Gasteiger partial charge in [-0.05, 0) is 37.2 Å². The summed E-state index contributed by atoms with van der Waals surface area (Å²) in [6, 6.07) is 6.11. The number of aliphatic hydroxyl groups is 1. The van der Waals surface area contributed by atoms with Gasteiger partial charge >= 0.3 is 0 Å². The second kappa shape index (κ2) is 7.86. The van der Waals surface area contributed by atoms with Gasteiger partial charge in [-0.15, -0.1) is 0 Å². The third kappa shape index (κ3) is 4.96. The molecule has 0 fully saturated rings. The molecule has 0 spiro atoms. The molecule has 106 valence electrons. The van der Waals surface area contributed by atoms with Crippen molar-refractivity contribution in [2.75, 3.05) is 19.6 Å². The molecule has 0 aromatic heterocycles. The minimum atomic E-state index is -0.599. The van der Waals surface area contributed by atoms with Gasteiger partial charge in [-0.2, -0.15) is 0 Å². The molecule has 5 nitrogen and oxygen atoms in total. The van der Waals surface area contributed by atoms with Crippen LogP contribution in [0.4, 0.5) is 5.69 Å². The van der Waals surface area contributed by atoms with E-state index in [0.717, 1.165) is 31.5 Å². The van der Waals surface area contributed by atoms with Crippen molar-refractivity contribution in [2.24, 2.45) is 0 Å². The van der Waals surface area contributed by atoms with Crippen molar-refractivity contribution < 1.29 is 10.0 Å². The van der Waals surface area contributed by atoms with Crippen molar-refractivity contribution in [1.29, 1.82) is 0 Å². The number of nitro benzene ring substituents is 1. The molecule has 0 aliphatic heterocycles. The normalized spacial score (nSPS) is 12.6. The molecular weight excluding hydrogens is 244 g/mol. The monoisotopic (exact) mass is 266 g/mol. The molecule has 0 heterocycles. The van der Waals surface area contributed by atoms with Crippen LogP contribution < -0.4 is 0 Å². The molecule has 0 saturated heterocycles. The van der Waals surface area contributed by atoms with E-state index in [9.17, 15) is 15.2 Å². The zero-order valence-corrected chi connectivity index (χ0v) is 11.6. The van der Waals surface area contributed by atoms with Gasteiger partial charge in [-0.25, -0.2) is 0 Å². The van der Waals surface area contributed by atoms with E-state index < -0.39 is 11.0 Å². The minimum absolute atomic E-state index is 0.0503. The molecule has 19 heavy (non-hydrogen) atoms. The Morgan fingerprint density at radius 3 is 2.42 bits per heavy atom. The Bertz CT molecular complexity index is 392. The molecule has 0 amide bonds. The summed E-state index contributed by atoms with van der Waals surface area (Å²) in [5.74, 6) is 0. The summed E-state index contributed by atoms with van der Waals surface area (Å²) in [4.78, 5) is 12.3. The van der Waals surface area contributed by atoms with E-state index >= 15 is 0 Å². The number of hydrogen-bond donors (Lipinski definition) is 1. The van der Waals surface area contributed by atoms with Gasteiger partial charge in [-0.1, -0.05) is 20.3 Å². The third-order valence-corrected chi connectivity index (χ3v) is 3.19. The zero-order chi connectivity index (χ0) is 14.3. The summed E-state index contributed by atoms with van der Waals surface area (Å²) >= 11 is 0. The van der Waals surface area contributed by atoms with E-state index in [4.69, 9.17) is 0 Å². The van der Waals surface area contributed by atoms with Gasteiger partial charge in [0.2, 0.25) is 0 Å². The number of unbranched alkanes of at least 4 members (excludes halogenated alkanes) is 1. The Labute approximate surface area is 114 Å². The fraction of sp³-hybridized carbons (Fsp3) is 0.571. The summed E-state index contributed by atoms with van der Waals surface area (Å²) in [7, 11) is 0. The molecule has 1 aromatic carbocycles. The summed E-state index contributed by atoms with van der Waals surface area (Å²) in [5.41, 5.74) is 0.773. The van der Waals surface area contributed by atoms with Crippen LogP contribution in [0.1, 0.15) is 38.4 Å². The van der Waals surface area contributed by atoms with Crippen LogP contribution in [-0.2, 0) is 0 Å². The van der Waals surface area contributed by atoms with Gasteiger partial charge in [0.05, 0.1) is 11.0 Å². The highest BCUT2D eigenvalue weighted by molar-refractivity contribution is 5.33. The first-order chi connectivity index (χ1) is 9.08. The third-order valence-electron chi connectivity index (χ3n) is 3.19. The number of aliphatic hydroxyl groups excluding tert-OH is 1. The van der Waals surface area contributed by atoms with E-state index in [1.54, 1.807) is 12.1 Å². The molecular formula is C14H22N2O3. The van der Waals surface area contributed by atoms with Crippen molar-refractivity contribution in [3.8, 4) is 0 Å². The first-order valence-corrected chi connectivity index (χ1v) is 6.73. The van der Waals surface area contributed by atoms with E-state index in [2.05, 4.69) is 18.7 Å². The van der Waals surface area contributed by atoms with Crippen LogP contribution in [0.2, 0.25) is 0 Å². The molecule has 1 N–H and O–H groups in total. The molecule has 5 heteroatoms. The Hall–Kier alpha value is -1.46. The SMILES string of the molecule is CCCCN(CC)CC(O)c1ccc([N+](=O)[O-])cc1. The molecule has 1 atom stereocenters. The van der Waals surface area contributed by atoms with Crippen LogP contribution in [-0.4, -0.2) is 34.6 Å². The maximum atomic E-state index is 10.6. The highest BCUT2D eigenvalue weighted by atomic mass is 16.6. The summed E-state index contributed by atoms with van der Waals surface area (Å²) < 4.78 is 0. The quantitative estimate of drug-likeness (QED) is 0.580. The zero-order valence-electron chi connectivity index (χ0n) is 11.6. The number of non-ortho nitro benzene ring substituents is 1. The molecule has 0 radical (unpaired) electrons. The molecule has 0 saturated carbocycles. The van der Waals surface area contributed by atoms with E-state index in [1.165, 1.54) is 12.1 Å². The van der Waals surface area contributed by atoms with Crippen LogP contribution in [0, 0.1) is 10.1 Å². The minimum Gasteiger partial charge on any atom is -0.387 e. The molecule has 0 aliphatic carbocycles. The average Bonchev–Trinajstić information content (AvgIpc) is 2.43. The molecule has 0 bridgehead atoms. The van der Waals surface area contributed by atoms with Crippen molar-refractivity contribution in [3.05, 3.63) is 39.9 Å². The van der Waals surface area contributed by atoms with Gasteiger partial charge in [0.1, 0.15) is 0 Å². The molecule has 1 rings (SSSR count). The van der Waals surface area contributed by atoms with Gasteiger partial charge in [0.25, 0.3) is 5.69 Å². The largest absolute Gasteiger partial charge is 0.387 e. The molecule has 1 aromatic rings. The van der Waals surface area contributed by atoms with Crippen LogP contribution in [0.25, 0.3) is 0 Å². The van der Waals surface area contributed by atoms with Gasteiger partial charge in [-0.3, -0.25) is 10.1 Å². The number of nitro groups is 1. The topological polar surface area (TPSA) is 66.6 Å². The first kappa shape index (κ1) is 15.6. The number of nitrogens with zero attached hydrogens (tertiary/aromatic N) is 2. The Balaban J connectivity index is 2.60. The van der Waals surface area contributed by atoms with Crippen molar-refractivity contribution >= 4 is 5.69 Å². The van der Waals surface area contributed by atoms with Crippen molar-refractivity contribution in [2.45, 2.75) is 32.8 Å². The highest BCUT2D eigenvalue weighted by Gasteiger charge is 2.13. The fourth-order valence-corrected chi connectivity index (χ4v) is 1.93. The predicted molar refractivity (Wildman–Crippen MR) is 75.1 cm³/mol. The van der Waals surface area contributed by atoms with Crippen LogP contribution in [0.5, 0.6) is 0 Å². The van der Waals surface area contributed by atoms with E-state index in [-0.39, 0.29) is 5.69 Å². The Morgan fingerprint density at radius 2 is 1.95 bits per heavy atom. The Morgan fingerprint density at radius 1 is 1.32 bits per heavy atom. The van der Waals surface area contributed by atoms with Crippen molar-refractivity contribution in [3.63, 3.8) is 0 Å². The lowest BCUT2D eigenvalue weighted by Gasteiger charge is -2.23. The Kier molecular flexibility index (Phi) is 6.45. The fourth-order valence-electron chi connectivity index (χ4n) is 1.93. The van der Waals surface area contributed by atoms with E-state index in [0.29, 0.717) is 6.54 Å². The van der Waals surface area contributed by atoms with Crippen LogP contribution in [0.15, 0.2) is 24.3 Å². The number of hydrogen-bond acceptors (Lipinski definition) is 4. The van der Waals surface area contributed by atoms with E-state index in [1.807, 2.05) is 0 Å². The first-order valence-electron chi connectivity index (χ1n) is 6.73. The van der Waals surface area contributed by atoms with Crippen molar-refractivity contribution in [1.82, 2.24) is 4.90 Å². The van der Waals surface area contributed by atoms with Crippen LogP contribution >= 0.6 is 0 Å². The smallest absolute Gasteiger partial charge is 0.269 e. The molecule has 1 unspecified atom stereocenters. The lowest BCUT2D eigenvalue weighted by atomic mass is 10.1. The standard InChI is InChI=1S/C14H22N2O3/c1-3-5-10-15(4-2)11-14(17)12-6-8-13(9-7-12)16(18)19/h6-9,14,17H,3-5,10-11H2,1-2H3. The van der Waals surface area contributed by atoms with Gasteiger partial charge in [0, 0.05) is 18.7 Å².